The lowest BCUT2D eigenvalue weighted by Gasteiger charge is -2.30. The van der Waals surface area contributed by atoms with E-state index in [4.69, 9.17) is 10.5 Å². The molecule has 2 fully saturated rings. The molecule has 100 valence electrons. The molecule has 2 aliphatic rings. The van der Waals surface area contributed by atoms with E-state index in [1.807, 2.05) is 24.3 Å². The van der Waals surface area contributed by atoms with Crippen molar-refractivity contribution < 1.29 is 14.3 Å². The molecule has 3 rings (SSSR count). The van der Waals surface area contributed by atoms with E-state index < -0.39 is 12.2 Å². The van der Waals surface area contributed by atoms with Crippen molar-refractivity contribution in [2.75, 3.05) is 0 Å². The SMILES string of the molecule is NCc1ccccc1CN1C(=O)C2CCC(O2)C1=O. The summed E-state index contributed by atoms with van der Waals surface area (Å²) in [5.74, 6) is -0.434. The third kappa shape index (κ3) is 2.05. The number of nitrogens with zero attached hydrogens (tertiary/aromatic N) is 1. The maximum atomic E-state index is 12.1. The quantitative estimate of drug-likeness (QED) is 0.806. The Morgan fingerprint density at radius 2 is 1.68 bits per heavy atom. The zero-order valence-electron chi connectivity index (χ0n) is 10.5. The first-order chi connectivity index (χ1) is 9.20. The largest absolute Gasteiger partial charge is 0.355 e. The lowest BCUT2D eigenvalue weighted by molar-refractivity contribution is -0.169. The van der Waals surface area contributed by atoms with Crippen molar-refractivity contribution in [3.63, 3.8) is 0 Å². The topological polar surface area (TPSA) is 72.6 Å². The van der Waals surface area contributed by atoms with Crippen LogP contribution in [-0.4, -0.2) is 28.9 Å². The first-order valence-electron chi connectivity index (χ1n) is 6.48. The van der Waals surface area contributed by atoms with Crippen LogP contribution in [0, 0.1) is 0 Å². The van der Waals surface area contributed by atoms with E-state index in [0.29, 0.717) is 25.9 Å². The van der Waals surface area contributed by atoms with Gasteiger partial charge in [-0.05, 0) is 24.0 Å². The van der Waals surface area contributed by atoms with Crippen molar-refractivity contribution >= 4 is 11.8 Å². The van der Waals surface area contributed by atoms with E-state index in [0.717, 1.165) is 11.1 Å². The van der Waals surface area contributed by atoms with Crippen molar-refractivity contribution in [3.8, 4) is 0 Å². The molecule has 2 amide bonds. The van der Waals surface area contributed by atoms with Crippen LogP contribution in [-0.2, 0) is 27.4 Å². The number of carbonyl (C=O) groups excluding carboxylic acids is 2. The fourth-order valence-corrected chi connectivity index (χ4v) is 2.69. The third-order valence-electron chi connectivity index (χ3n) is 3.77. The van der Waals surface area contributed by atoms with Crippen molar-refractivity contribution in [1.82, 2.24) is 4.90 Å². The lowest BCUT2D eigenvalue weighted by Crippen LogP contribution is -2.51. The van der Waals surface area contributed by atoms with E-state index >= 15 is 0 Å². The maximum absolute atomic E-state index is 12.1. The summed E-state index contributed by atoms with van der Waals surface area (Å²) in [6.45, 7) is 0.692. The van der Waals surface area contributed by atoms with Gasteiger partial charge in [-0.3, -0.25) is 14.5 Å². The van der Waals surface area contributed by atoms with Crippen LogP contribution in [0.3, 0.4) is 0 Å². The summed E-state index contributed by atoms with van der Waals surface area (Å²) in [6.07, 6.45) is 0.412. The van der Waals surface area contributed by atoms with Crippen LogP contribution in [0.25, 0.3) is 0 Å². The zero-order valence-corrected chi connectivity index (χ0v) is 10.5. The Morgan fingerprint density at radius 3 is 2.26 bits per heavy atom. The standard InChI is InChI=1S/C14H16N2O3/c15-7-9-3-1-2-4-10(9)8-16-13(17)11-5-6-12(19-11)14(16)18/h1-4,11-12H,5-8,15H2. The number of amides is 2. The first-order valence-corrected chi connectivity index (χ1v) is 6.48. The molecular formula is C14H16N2O3. The van der Waals surface area contributed by atoms with E-state index in [1.165, 1.54) is 4.90 Å². The molecule has 1 aromatic rings. The molecule has 0 aliphatic carbocycles. The molecule has 0 radical (unpaired) electrons. The second-order valence-corrected chi connectivity index (χ2v) is 4.93. The summed E-state index contributed by atoms with van der Waals surface area (Å²) in [4.78, 5) is 25.6. The van der Waals surface area contributed by atoms with E-state index in [2.05, 4.69) is 0 Å². The summed E-state index contributed by atoms with van der Waals surface area (Å²) in [5.41, 5.74) is 7.56. The van der Waals surface area contributed by atoms with Crippen LogP contribution < -0.4 is 5.73 Å². The second kappa shape index (κ2) is 4.75. The Labute approximate surface area is 111 Å². The average molecular weight is 260 g/mol. The number of rotatable bonds is 3. The highest BCUT2D eigenvalue weighted by Crippen LogP contribution is 2.29. The van der Waals surface area contributed by atoms with Gasteiger partial charge < -0.3 is 10.5 Å². The van der Waals surface area contributed by atoms with Gasteiger partial charge in [0.1, 0.15) is 12.2 Å². The zero-order chi connectivity index (χ0) is 13.4. The van der Waals surface area contributed by atoms with Gasteiger partial charge in [-0.2, -0.15) is 0 Å². The van der Waals surface area contributed by atoms with Crippen molar-refractivity contribution in [1.29, 1.82) is 0 Å². The average Bonchev–Trinajstić information content (AvgIpc) is 2.89. The smallest absolute Gasteiger partial charge is 0.258 e. The van der Waals surface area contributed by atoms with Gasteiger partial charge in [0.05, 0.1) is 6.54 Å². The predicted octanol–water partition coefficient (Wildman–Crippen LogP) is 0.562. The number of fused-ring (bicyclic) bond motifs is 2. The summed E-state index contributed by atoms with van der Waals surface area (Å²) in [7, 11) is 0. The minimum absolute atomic E-state index is 0.217. The molecule has 5 heteroatoms. The molecule has 2 atom stereocenters. The third-order valence-corrected chi connectivity index (χ3v) is 3.77. The lowest BCUT2D eigenvalue weighted by atomic mass is 10.1. The van der Waals surface area contributed by atoms with Gasteiger partial charge >= 0.3 is 0 Å². The normalized spacial score (nSPS) is 26.1. The molecule has 2 unspecified atom stereocenters. The van der Waals surface area contributed by atoms with Crippen LogP contribution in [0.4, 0.5) is 0 Å². The molecule has 2 bridgehead atoms. The van der Waals surface area contributed by atoms with Gasteiger partial charge in [0.25, 0.3) is 11.8 Å². The van der Waals surface area contributed by atoms with Crippen LogP contribution in [0.15, 0.2) is 24.3 Å². The molecule has 2 N–H and O–H groups in total. The van der Waals surface area contributed by atoms with Gasteiger partial charge in [0.15, 0.2) is 0 Å². The number of likely N-dealkylation sites (tertiary alicyclic amines) is 1. The molecule has 19 heavy (non-hydrogen) atoms. The summed E-state index contributed by atoms with van der Waals surface area (Å²) in [5, 5.41) is 0. The number of morpholine rings is 1. The minimum atomic E-state index is -0.437. The highest BCUT2D eigenvalue weighted by Gasteiger charge is 2.46. The van der Waals surface area contributed by atoms with Crippen molar-refractivity contribution in [2.45, 2.75) is 38.1 Å². The van der Waals surface area contributed by atoms with Crippen LogP contribution >= 0.6 is 0 Å². The highest BCUT2D eigenvalue weighted by molar-refractivity contribution is 6.02. The molecule has 2 saturated heterocycles. The molecule has 0 aromatic heterocycles. The number of hydrogen-bond acceptors (Lipinski definition) is 4. The van der Waals surface area contributed by atoms with Gasteiger partial charge in [-0.15, -0.1) is 0 Å². The number of ether oxygens (including phenoxy) is 1. The van der Waals surface area contributed by atoms with Crippen LogP contribution in [0.1, 0.15) is 24.0 Å². The number of hydrogen-bond donors (Lipinski definition) is 1. The monoisotopic (exact) mass is 260 g/mol. The number of benzene rings is 1. The van der Waals surface area contributed by atoms with Gasteiger partial charge in [-0.1, -0.05) is 24.3 Å². The fourth-order valence-electron chi connectivity index (χ4n) is 2.69. The van der Waals surface area contributed by atoms with Gasteiger partial charge in [0.2, 0.25) is 0 Å². The first kappa shape index (κ1) is 12.3. The molecule has 5 nitrogen and oxygen atoms in total. The van der Waals surface area contributed by atoms with Crippen LogP contribution in [0.2, 0.25) is 0 Å². The van der Waals surface area contributed by atoms with Gasteiger partial charge in [-0.25, -0.2) is 0 Å². The van der Waals surface area contributed by atoms with Crippen LogP contribution in [0.5, 0.6) is 0 Å². The van der Waals surface area contributed by atoms with E-state index in [-0.39, 0.29) is 11.8 Å². The Bertz CT molecular complexity index is 507. The molecule has 1 aromatic carbocycles. The second-order valence-electron chi connectivity index (χ2n) is 4.93. The number of carbonyl (C=O) groups is 2. The Balaban J connectivity index is 1.86. The molecule has 2 aliphatic heterocycles. The van der Waals surface area contributed by atoms with Crippen molar-refractivity contribution in [2.24, 2.45) is 5.73 Å². The maximum Gasteiger partial charge on any atom is 0.258 e. The minimum Gasteiger partial charge on any atom is -0.355 e. The Hall–Kier alpha value is -1.72. The Kier molecular flexibility index (Phi) is 3.08. The van der Waals surface area contributed by atoms with E-state index in [1.54, 1.807) is 0 Å². The molecular weight excluding hydrogens is 244 g/mol. The summed E-state index contributed by atoms with van der Waals surface area (Å²) < 4.78 is 5.38. The molecule has 0 saturated carbocycles. The molecule has 2 heterocycles. The van der Waals surface area contributed by atoms with Gasteiger partial charge in [0, 0.05) is 6.54 Å². The number of nitrogens with two attached hydrogens (primary N) is 1. The predicted molar refractivity (Wildman–Crippen MR) is 67.8 cm³/mol. The van der Waals surface area contributed by atoms with Crippen molar-refractivity contribution in [3.05, 3.63) is 35.4 Å². The molecule has 0 spiro atoms. The fraction of sp³-hybridized carbons (Fsp3) is 0.429. The Morgan fingerprint density at radius 1 is 1.11 bits per heavy atom. The number of imide groups is 1. The highest BCUT2D eigenvalue weighted by atomic mass is 16.5. The summed E-state index contributed by atoms with van der Waals surface area (Å²) >= 11 is 0. The summed E-state index contributed by atoms with van der Waals surface area (Å²) in [6, 6.07) is 7.61. The van der Waals surface area contributed by atoms with E-state index in [9.17, 15) is 9.59 Å².